The van der Waals surface area contributed by atoms with E-state index >= 15 is 0 Å². The van der Waals surface area contributed by atoms with Crippen LogP contribution in [0, 0.1) is 16.0 Å². The van der Waals surface area contributed by atoms with Crippen LogP contribution < -0.4 is 10.1 Å². The fourth-order valence-corrected chi connectivity index (χ4v) is 2.90. The standard InChI is InChI=1S/C20H21ClN2O6/c1-12(2)19(13-4-6-14(21)7-5-13)20(25)29-11-18(24)22-16-9-8-15(28-3)10-17(16)23(26)27/h4-10,12,19H,11H2,1-3H3,(H,22,24)/t19-/m0/s1. The molecule has 2 aromatic carbocycles. The molecular weight excluding hydrogens is 400 g/mol. The molecule has 0 spiro atoms. The number of hydrogen-bond acceptors (Lipinski definition) is 6. The second-order valence-electron chi connectivity index (χ2n) is 6.57. The van der Waals surface area contributed by atoms with Gasteiger partial charge in [-0.2, -0.15) is 0 Å². The summed E-state index contributed by atoms with van der Waals surface area (Å²) in [5.74, 6) is -1.62. The third kappa shape index (κ3) is 5.92. The number of nitrogens with one attached hydrogen (secondary N) is 1. The predicted octanol–water partition coefficient (Wildman–Crippen LogP) is 4.18. The van der Waals surface area contributed by atoms with Gasteiger partial charge in [-0.05, 0) is 35.7 Å². The number of nitro benzene ring substituents is 1. The smallest absolute Gasteiger partial charge is 0.314 e. The maximum absolute atomic E-state index is 12.5. The number of rotatable bonds is 8. The van der Waals surface area contributed by atoms with Crippen molar-refractivity contribution < 1.29 is 24.0 Å². The van der Waals surface area contributed by atoms with Crippen molar-refractivity contribution >= 4 is 34.9 Å². The van der Waals surface area contributed by atoms with Gasteiger partial charge in [0.2, 0.25) is 0 Å². The zero-order valence-corrected chi connectivity index (χ0v) is 16.9. The van der Waals surface area contributed by atoms with Gasteiger partial charge in [0.25, 0.3) is 11.6 Å². The molecule has 154 valence electrons. The molecule has 2 aromatic rings. The van der Waals surface area contributed by atoms with Crippen molar-refractivity contribution in [2.75, 3.05) is 19.0 Å². The second-order valence-corrected chi connectivity index (χ2v) is 7.01. The molecule has 0 aliphatic rings. The molecule has 0 radical (unpaired) electrons. The Kier molecular flexibility index (Phi) is 7.55. The van der Waals surface area contributed by atoms with Gasteiger partial charge in [-0.15, -0.1) is 0 Å². The summed E-state index contributed by atoms with van der Waals surface area (Å²) in [5, 5.41) is 14.1. The van der Waals surface area contributed by atoms with Crippen LogP contribution in [0.1, 0.15) is 25.3 Å². The summed E-state index contributed by atoms with van der Waals surface area (Å²) in [7, 11) is 1.38. The summed E-state index contributed by atoms with van der Waals surface area (Å²) in [4.78, 5) is 35.2. The van der Waals surface area contributed by atoms with Gasteiger partial charge in [-0.1, -0.05) is 37.6 Å². The summed E-state index contributed by atoms with van der Waals surface area (Å²) in [5.41, 5.74) is 0.376. The van der Waals surface area contributed by atoms with E-state index in [0.29, 0.717) is 5.02 Å². The molecule has 0 aliphatic heterocycles. The van der Waals surface area contributed by atoms with Crippen molar-refractivity contribution in [3.05, 3.63) is 63.2 Å². The highest BCUT2D eigenvalue weighted by Gasteiger charge is 2.26. The maximum Gasteiger partial charge on any atom is 0.314 e. The summed E-state index contributed by atoms with van der Waals surface area (Å²) in [6.07, 6.45) is 0. The van der Waals surface area contributed by atoms with Gasteiger partial charge >= 0.3 is 5.97 Å². The zero-order valence-electron chi connectivity index (χ0n) is 16.2. The Hall–Kier alpha value is -3.13. The Morgan fingerprint density at radius 3 is 2.38 bits per heavy atom. The van der Waals surface area contributed by atoms with Crippen molar-refractivity contribution in [2.45, 2.75) is 19.8 Å². The van der Waals surface area contributed by atoms with Crippen LogP contribution in [-0.4, -0.2) is 30.5 Å². The summed E-state index contributed by atoms with van der Waals surface area (Å²) >= 11 is 5.88. The molecule has 2 rings (SSSR count). The monoisotopic (exact) mass is 420 g/mol. The van der Waals surface area contributed by atoms with Crippen LogP contribution in [0.15, 0.2) is 42.5 Å². The van der Waals surface area contributed by atoms with E-state index in [1.807, 2.05) is 13.8 Å². The summed E-state index contributed by atoms with van der Waals surface area (Å²) in [6, 6.07) is 10.8. The number of halogens is 1. The normalized spacial score (nSPS) is 11.6. The highest BCUT2D eigenvalue weighted by atomic mass is 35.5. The molecule has 8 nitrogen and oxygen atoms in total. The summed E-state index contributed by atoms with van der Waals surface area (Å²) < 4.78 is 10.1. The first-order valence-electron chi connectivity index (χ1n) is 8.77. The van der Waals surface area contributed by atoms with Crippen LogP contribution in [0.25, 0.3) is 0 Å². The van der Waals surface area contributed by atoms with E-state index in [2.05, 4.69) is 5.32 Å². The molecule has 9 heteroatoms. The first-order chi connectivity index (χ1) is 13.7. The molecule has 0 aliphatic carbocycles. The number of nitrogens with zero attached hydrogens (tertiary/aromatic N) is 1. The van der Waals surface area contributed by atoms with E-state index < -0.39 is 29.3 Å². The third-order valence-corrected chi connectivity index (χ3v) is 4.42. The van der Waals surface area contributed by atoms with Gasteiger partial charge in [0, 0.05) is 5.02 Å². The average molecular weight is 421 g/mol. The molecule has 1 atom stereocenters. The Bertz CT molecular complexity index is 898. The Balaban J connectivity index is 2.05. The lowest BCUT2D eigenvalue weighted by molar-refractivity contribution is -0.384. The minimum absolute atomic E-state index is 0.0186. The van der Waals surface area contributed by atoms with Crippen molar-refractivity contribution in [1.82, 2.24) is 0 Å². The van der Waals surface area contributed by atoms with Crippen molar-refractivity contribution in [3.8, 4) is 5.75 Å². The number of carbonyl (C=O) groups is 2. The minimum atomic E-state index is -0.690. The second kappa shape index (κ2) is 9.88. The van der Waals surface area contributed by atoms with Crippen molar-refractivity contribution in [2.24, 2.45) is 5.92 Å². The van der Waals surface area contributed by atoms with Crippen LogP contribution in [0.4, 0.5) is 11.4 Å². The predicted molar refractivity (Wildman–Crippen MR) is 108 cm³/mol. The Labute approximate surface area is 172 Å². The van der Waals surface area contributed by atoms with Gasteiger partial charge in [-0.3, -0.25) is 19.7 Å². The number of carbonyl (C=O) groups excluding carboxylic acids is 2. The first kappa shape index (κ1) is 22.2. The number of benzene rings is 2. The number of ether oxygens (including phenoxy) is 2. The first-order valence-corrected chi connectivity index (χ1v) is 9.15. The lowest BCUT2D eigenvalue weighted by Gasteiger charge is -2.20. The van der Waals surface area contributed by atoms with E-state index in [0.717, 1.165) is 5.56 Å². The van der Waals surface area contributed by atoms with Crippen LogP contribution >= 0.6 is 11.6 Å². The average Bonchev–Trinajstić information content (AvgIpc) is 2.68. The molecule has 1 N–H and O–H groups in total. The molecule has 0 saturated carbocycles. The number of anilines is 1. The molecule has 0 bridgehead atoms. The summed E-state index contributed by atoms with van der Waals surface area (Å²) in [6.45, 7) is 3.15. The SMILES string of the molecule is COc1ccc(NC(=O)COC(=O)[C@H](c2ccc(Cl)cc2)C(C)C)c([N+](=O)[O-])c1. The fraction of sp³-hybridized carbons (Fsp3) is 0.300. The molecule has 0 unspecified atom stereocenters. The number of methoxy groups -OCH3 is 1. The number of esters is 1. The van der Waals surface area contributed by atoms with Crippen LogP contribution in [0.3, 0.4) is 0 Å². The Morgan fingerprint density at radius 2 is 1.83 bits per heavy atom. The lowest BCUT2D eigenvalue weighted by atomic mass is 9.88. The van der Waals surface area contributed by atoms with Crippen LogP contribution in [0.5, 0.6) is 5.75 Å². The number of amides is 1. The number of hydrogen-bond donors (Lipinski definition) is 1. The molecule has 29 heavy (non-hydrogen) atoms. The molecule has 0 saturated heterocycles. The van der Waals surface area contributed by atoms with Gasteiger partial charge < -0.3 is 14.8 Å². The fourth-order valence-electron chi connectivity index (χ4n) is 2.77. The quantitative estimate of drug-likeness (QED) is 0.390. The van der Waals surface area contributed by atoms with Gasteiger partial charge in [-0.25, -0.2) is 0 Å². The highest BCUT2D eigenvalue weighted by Crippen LogP contribution is 2.29. The van der Waals surface area contributed by atoms with Gasteiger partial charge in [0.05, 0.1) is 24.0 Å². The van der Waals surface area contributed by atoms with E-state index in [1.165, 1.54) is 25.3 Å². The maximum atomic E-state index is 12.5. The van der Waals surface area contributed by atoms with E-state index in [9.17, 15) is 19.7 Å². The zero-order chi connectivity index (χ0) is 21.6. The van der Waals surface area contributed by atoms with Gasteiger partial charge in [0.1, 0.15) is 11.4 Å². The molecular formula is C20H21ClN2O6. The third-order valence-electron chi connectivity index (χ3n) is 4.17. The largest absolute Gasteiger partial charge is 0.496 e. The van der Waals surface area contributed by atoms with E-state index in [4.69, 9.17) is 21.1 Å². The highest BCUT2D eigenvalue weighted by molar-refractivity contribution is 6.30. The lowest BCUT2D eigenvalue weighted by Crippen LogP contribution is -2.26. The van der Waals surface area contributed by atoms with Crippen molar-refractivity contribution in [3.63, 3.8) is 0 Å². The minimum Gasteiger partial charge on any atom is -0.496 e. The van der Waals surface area contributed by atoms with Gasteiger partial charge in [0.15, 0.2) is 6.61 Å². The van der Waals surface area contributed by atoms with Crippen LogP contribution in [0.2, 0.25) is 5.02 Å². The van der Waals surface area contributed by atoms with E-state index in [-0.39, 0.29) is 23.0 Å². The molecule has 0 heterocycles. The van der Waals surface area contributed by atoms with Crippen LogP contribution in [-0.2, 0) is 14.3 Å². The molecule has 0 fully saturated rings. The molecule has 0 aromatic heterocycles. The number of nitro groups is 1. The van der Waals surface area contributed by atoms with Crippen molar-refractivity contribution in [1.29, 1.82) is 0 Å². The topological polar surface area (TPSA) is 108 Å². The van der Waals surface area contributed by atoms with E-state index in [1.54, 1.807) is 24.3 Å². The Morgan fingerprint density at radius 1 is 1.17 bits per heavy atom. The molecule has 1 amide bonds.